The van der Waals surface area contributed by atoms with E-state index in [1.165, 1.54) is 0 Å². The van der Waals surface area contributed by atoms with E-state index in [0.717, 1.165) is 6.07 Å². The summed E-state index contributed by atoms with van der Waals surface area (Å²) in [5.74, 6) is -4.47. The summed E-state index contributed by atoms with van der Waals surface area (Å²) in [6.45, 7) is -0.0253. The van der Waals surface area contributed by atoms with Gasteiger partial charge in [0.1, 0.15) is 16.5 Å². The zero-order chi connectivity index (χ0) is 16.0. The van der Waals surface area contributed by atoms with E-state index in [-0.39, 0.29) is 13.0 Å². The Morgan fingerprint density at radius 1 is 1.38 bits per heavy atom. The van der Waals surface area contributed by atoms with E-state index in [4.69, 9.17) is 10.4 Å². The number of sulfone groups is 1. The number of amides is 1. The molecule has 0 atom stereocenters. The van der Waals surface area contributed by atoms with Crippen molar-refractivity contribution in [3.8, 4) is 6.07 Å². The number of hydrogen-bond acceptors (Lipinski definition) is 5. The molecule has 1 aromatic rings. The third-order valence-corrected chi connectivity index (χ3v) is 4.02. The lowest BCUT2D eigenvalue weighted by Crippen LogP contribution is -2.31. The molecule has 0 saturated carbocycles. The average Bonchev–Trinajstić information content (AvgIpc) is 2.38. The number of aromatic carboxylic acids is 1. The zero-order valence-electron chi connectivity index (χ0n) is 10.7. The molecule has 0 aliphatic heterocycles. The molecule has 21 heavy (non-hydrogen) atoms. The lowest BCUT2D eigenvalue weighted by Gasteiger charge is -2.07. The van der Waals surface area contributed by atoms with Crippen molar-refractivity contribution in [1.82, 2.24) is 5.32 Å². The quantitative estimate of drug-likeness (QED) is 0.729. The summed E-state index contributed by atoms with van der Waals surface area (Å²) in [7, 11) is -4.32. The summed E-state index contributed by atoms with van der Waals surface area (Å²) < 4.78 is 37.4. The fourth-order valence-corrected chi connectivity index (χ4v) is 2.71. The number of nitriles is 1. The molecule has 0 aromatic heterocycles. The summed E-state index contributed by atoms with van der Waals surface area (Å²) in [5.41, 5.74) is -0.403. The number of nitrogens with one attached hydrogen (secondary N) is 1. The van der Waals surface area contributed by atoms with E-state index in [0.29, 0.717) is 12.1 Å². The van der Waals surface area contributed by atoms with E-state index < -0.39 is 43.7 Å². The molecule has 0 bridgehead atoms. The molecule has 0 spiro atoms. The molecule has 7 nitrogen and oxygen atoms in total. The maximum atomic E-state index is 13.5. The van der Waals surface area contributed by atoms with Crippen LogP contribution in [0.5, 0.6) is 0 Å². The molecule has 0 saturated heterocycles. The van der Waals surface area contributed by atoms with Gasteiger partial charge in [0.05, 0.1) is 18.1 Å². The summed E-state index contributed by atoms with van der Waals surface area (Å²) in [4.78, 5) is 21.3. The topological polar surface area (TPSA) is 124 Å². The van der Waals surface area contributed by atoms with Gasteiger partial charge in [-0.25, -0.2) is 17.6 Å². The monoisotopic (exact) mass is 314 g/mol. The molecule has 1 rings (SSSR count). The minimum atomic E-state index is -4.32. The van der Waals surface area contributed by atoms with Crippen molar-refractivity contribution in [3.63, 3.8) is 0 Å². The molecule has 9 heteroatoms. The maximum absolute atomic E-state index is 13.5. The highest BCUT2D eigenvalue weighted by Gasteiger charge is 2.24. The van der Waals surface area contributed by atoms with Gasteiger partial charge in [-0.2, -0.15) is 5.26 Å². The van der Waals surface area contributed by atoms with Crippen LogP contribution in [0.3, 0.4) is 0 Å². The van der Waals surface area contributed by atoms with Crippen LogP contribution in [0.25, 0.3) is 0 Å². The van der Waals surface area contributed by atoms with Crippen molar-refractivity contribution in [2.75, 3.05) is 12.3 Å². The fraction of sp³-hybridized carbons (Fsp3) is 0.250. The van der Waals surface area contributed by atoms with Crippen molar-refractivity contribution in [1.29, 1.82) is 5.26 Å². The third-order valence-electron chi connectivity index (χ3n) is 2.39. The van der Waals surface area contributed by atoms with Crippen molar-refractivity contribution in [2.24, 2.45) is 0 Å². The second-order valence-electron chi connectivity index (χ2n) is 3.97. The Hall–Kier alpha value is -2.47. The van der Waals surface area contributed by atoms with E-state index in [1.54, 1.807) is 6.07 Å². The molecule has 0 fully saturated rings. The number of halogens is 1. The second kappa shape index (κ2) is 6.81. The average molecular weight is 314 g/mol. The van der Waals surface area contributed by atoms with Crippen LogP contribution in [0.15, 0.2) is 23.1 Å². The lowest BCUT2D eigenvalue weighted by molar-refractivity contribution is -0.118. The SMILES string of the molecule is N#CCCNC(=O)CS(=O)(=O)c1cc(C(=O)O)ccc1F. The third kappa shape index (κ3) is 4.54. The van der Waals surface area contributed by atoms with E-state index in [9.17, 15) is 22.4 Å². The smallest absolute Gasteiger partial charge is 0.335 e. The molecular formula is C12H11FN2O5S. The molecular weight excluding hydrogens is 303 g/mol. The Balaban J connectivity index is 2.98. The molecule has 0 aliphatic carbocycles. The van der Waals surface area contributed by atoms with E-state index in [1.807, 2.05) is 0 Å². The normalized spacial score (nSPS) is 10.7. The predicted molar refractivity (Wildman–Crippen MR) is 68.7 cm³/mol. The molecule has 0 radical (unpaired) electrons. The standard InChI is InChI=1S/C12H11FN2O5S/c13-9-3-2-8(12(17)18)6-10(9)21(19,20)7-11(16)15-5-1-4-14/h2-3,6H,1,5,7H2,(H,15,16)(H,17,18). The van der Waals surface area contributed by atoms with Crippen LogP contribution in [0.1, 0.15) is 16.8 Å². The number of rotatable bonds is 6. The van der Waals surface area contributed by atoms with E-state index >= 15 is 0 Å². The Bertz CT molecular complexity index is 709. The van der Waals surface area contributed by atoms with Crippen molar-refractivity contribution in [3.05, 3.63) is 29.6 Å². The first-order valence-corrected chi connectivity index (χ1v) is 7.32. The predicted octanol–water partition coefficient (Wildman–Crippen LogP) is 0.327. The highest BCUT2D eigenvalue weighted by molar-refractivity contribution is 7.92. The number of carboxylic acids is 1. The number of carbonyl (C=O) groups is 2. The molecule has 1 amide bonds. The van der Waals surface area contributed by atoms with Gasteiger partial charge in [0, 0.05) is 6.54 Å². The Labute approximate surface area is 119 Å². The van der Waals surface area contributed by atoms with Crippen LogP contribution < -0.4 is 5.32 Å². The maximum Gasteiger partial charge on any atom is 0.335 e. The van der Waals surface area contributed by atoms with Gasteiger partial charge in [-0.05, 0) is 18.2 Å². The highest BCUT2D eigenvalue weighted by atomic mass is 32.2. The number of benzene rings is 1. The van der Waals surface area contributed by atoms with Gasteiger partial charge < -0.3 is 10.4 Å². The Morgan fingerprint density at radius 3 is 2.62 bits per heavy atom. The molecule has 0 unspecified atom stereocenters. The van der Waals surface area contributed by atoms with Gasteiger partial charge in [-0.15, -0.1) is 0 Å². The fourth-order valence-electron chi connectivity index (χ4n) is 1.43. The summed E-state index contributed by atoms with van der Waals surface area (Å²) in [6.07, 6.45) is 0.00858. The van der Waals surface area contributed by atoms with Crippen LogP contribution in [0.4, 0.5) is 4.39 Å². The summed E-state index contributed by atoms with van der Waals surface area (Å²) >= 11 is 0. The van der Waals surface area contributed by atoms with Crippen LogP contribution in [-0.2, 0) is 14.6 Å². The van der Waals surface area contributed by atoms with Gasteiger partial charge in [0.15, 0.2) is 9.84 Å². The van der Waals surface area contributed by atoms with Crippen molar-refractivity contribution < 1.29 is 27.5 Å². The van der Waals surface area contributed by atoms with Crippen LogP contribution in [-0.4, -0.2) is 37.7 Å². The second-order valence-corrected chi connectivity index (χ2v) is 5.93. The largest absolute Gasteiger partial charge is 0.478 e. The van der Waals surface area contributed by atoms with Crippen LogP contribution >= 0.6 is 0 Å². The first kappa shape index (κ1) is 16.6. The molecule has 2 N–H and O–H groups in total. The number of nitrogens with zero attached hydrogens (tertiary/aromatic N) is 1. The van der Waals surface area contributed by atoms with Gasteiger partial charge in [0.2, 0.25) is 5.91 Å². The van der Waals surface area contributed by atoms with Crippen LogP contribution in [0, 0.1) is 17.1 Å². The number of hydrogen-bond donors (Lipinski definition) is 2. The summed E-state index contributed by atoms with van der Waals surface area (Å²) in [5, 5.41) is 19.2. The molecule has 112 valence electrons. The first-order chi connectivity index (χ1) is 9.77. The van der Waals surface area contributed by atoms with Crippen molar-refractivity contribution >= 4 is 21.7 Å². The molecule has 0 aliphatic rings. The molecule has 0 heterocycles. The Kier molecular flexibility index (Phi) is 5.37. The van der Waals surface area contributed by atoms with Gasteiger partial charge in [0.25, 0.3) is 0 Å². The first-order valence-electron chi connectivity index (χ1n) is 5.67. The summed E-state index contributed by atoms with van der Waals surface area (Å²) in [6, 6.07) is 4.05. The molecule has 1 aromatic carbocycles. The number of carboxylic acid groups (broad SMARTS) is 1. The highest BCUT2D eigenvalue weighted by Crippen LogP contribution is 2.18. The van der Waals surface area contributed by atoms with Gasteiger partial charge in [-0.1, -0.05) is 0 Å². The van der Waals surface area contributed by atoms with E-state index in [2.05, 4.69) is 5.32 Å². The minimum absolute atomic E-state index is 0.00858. The van der Waals surface area contributed by atoms with Gasteiger partial charge >= 0.3 is 5.97 Å². The zero-order valence-corrected chi connectivity index (χ0v) is 11.5. The number of carbonyl (C=O) groups excluding carboxylic acids is 1. The van der Waals surface area contributed by atoms with Crippen LogP contribution in [0.2, 0.25) is 0 Å². The minimum Gasteiger partial charge on any atom is -0.478 e. The Morgan fingerprint density at radius 2 is 2.05 bits per heavy atom. The lowest BCUT2D eigenvalue weighted by atomic mass is 10.2. The van der Waals surface area contributed by atoms with Gasteiger partial charge in [-0.3, -0.25) is 4.79 Å². The van der Waals surface area contributed by atoms with Crippen molar-refractivity contribution in [2.45, 2.75) is 11.3 Å².